The third kappa shape index (κ3) is 5.91. The summed E-state index contributed by atoms with van der Waals surface area (Å²) in [5.74, 6) is 1.49. The molecule has 0 aromatic heterocycles. The van der Waals surface area contributed by atoms with Crippen LogP contribution < -0.4 is 9.64 Å². The van der Waals surface area contributed by atoms with Crippen molar-refractivity contribution < 1.29 is 19.2 Å². The maximum Gasteiger partial charge on any atom is 0.175 e. The third-order valence-corrected chi connectivity index (χ3v) is 5.31. The maximum atomic E-state index is 13.3. The minimum Gasteiger partial charge on any atom is -0.494 e. The first-order valence-corrected chi connectivity index (χ1v) is 10.4. The molecule has 28 heavy (non-hydrogen) atoms. The summed E-state index contributed by atoms with van der Waals surface area (Å²) in [7, 11) is 0. The van der Waals surface area contributed by atoms with E-state index in [0.717, 1.165) is 56.1 Å². The molecule has 0 spiro atoms. The number of benzene rings is 2. The lowest BCUT2D eigenvalue weighted by molar-refractivity contribution is -0.908. The summed E-state index contributed by atoms with van der Waals surface area (Å²) >= 11 is 0. The van der Waals surface area contributed by atoms with Gasteiger partial charge < -0.3 is 14.4 Å². The number of hydrogen-bond acceptors (Lipinski definition) is 3. The largest absolute Gasteiger partial charge is 0.494 e. The number of carbonyl (C=O) groups excluding carboxylic acids is 1. The van der Waals surface area contributed by atoms with Gasteiger partial charge in [-0.05, 0) is 42.2 Å². The van der Waals surface area contributed by atoms with Crippen LogP contribution >= 0.6 is 0 Å². The number of morpholine rings is 1. The van der Waals surface area contributed by atoms with Gasteiger partial charge in [0.15, 0.2) is 5.78 Å². The molecule has 0 amide bonds. The quantitative estimate of drug-likeness (QED) is 0.678. The van der Waals surface area contributed by atoms with Crippen molar-refractivity contribution in [2.45, 2.75) is 26.2 Å². The molecule has 0 unspecified atom stereocenters. The first-order valence-electron chi connectivity index (χ1n) is 10.4. The normalized spacial score (nSPS) is 16.1. The van der Waals surface area contributed by atoms with Crippen LogP contribution in [0.15, 0.2) is 54.6 Å². The first-order chi connectivity index (χ1) is 13.6. The molecule has 4 heteroatoms. The van der Waals surface area contributed by atoms with E-state index in [-0.39, 0.29) is 11.7 Å². The first kappa shape index (κ1) is 20.6. The van der Waals surface area contributed by atoms with E-state index in [2.05, 4.69) is 26.0 Å². The molecule has 0 bridgehead atoms. The predicted octanol–water partition coefficient (Wildman–Crippen LogP) is 2.99. The van der Waals surface area contributed by atoms with E-state index >= 15 is 0 Å². The Hall–Kier alpha value is -2.17. The lowest BCUT2D eigenvalue weighted by atomic mass is 9.90. The van der Waals surface area contributed by atoms with Gasteiger partial charge in [-0.3, -0.25) is 4.79 Å². The summed E-state index contributed by atoms with van der Waals surface area (Å²) in [6.07, 6.45) is 1.03. The molecular weight excluding hydrogens is 350 g/mol. The molecule has 0 radical (unpaired) electrons. The fraction of sp³-hybridized carbons (Fsp3) is 0.458. The Kier molecular flexibility index (Phi) is 7.63. The van der Waals surface area contributed by atoms with Crippen LogP contribution in [0.1, 0.15) is 42.1 Å². The smallest absolute Gasteiger partial charge is 0.175 e. The van der Waals surface area contributed by atoms with Crippen molar-refractivity contribution in [1.82, 2.24) is 0 Å². The van der Waals surface area contributed by atoms with E-state index in [1.54, 1.807) is 0 Å². The Labute approximate surface area is 168 Å². The Balaban J connectivity index is 1.71. The molecule has 4 nitrogen and oxygen atoms in total. The van der Waals surface area contributed by atoms with Crippen molar-refractivity contribution >= 4 is 5.78 Å². The fourth-order valence-electron chi connectivity index (χ4n) is 3.53. The minimum absolute atomic E-state index is 0.137. The zero-order valence-electron chi connectivity index (χ0n) is 17.0. The van der Waals surface area contributed by atoms with E-state index < -0.39 is 0 Å². The van der Waals surface area contributed by atoms with E-state index in [0.29, 0.717) is 12.5 Å². The maximum absolute atomic E-state index is 13.3. The molecule has 1 saturated heterocycles. The van der Waals surface area contributed by atoms with Crippen LogP contribution in [0.5, 0.6) is 5.75 Å². The fourth-order valence-corrected chi connectivity index (χ4v) is 3.53. The SMILES string of the molecule is CC(C)CCOc1ccc(C(=O)[C@@H](C[NH+]2CCOCC2)c2ccccc2)cc1. The second-order valence-electron chi connectivity index (χ2n) is 7.95. The van der Waals surface area contributed by atoms with Crippen molar-refractivity contribution in [2.75, 3.05) is 39.5 Å². The highest BCUT2D eigenvalue weighted by Gasteiger charge is 2.28. The summed E-state index contributed by atoms with van der Waals surface area (Å²) in [4.78, 5) is 14.8. The molecule has 0 aliphatic carbocycles. The minimum atomic E-state index is -0.137. The van der Waals surface area contributed by atoms with Crippen LogP contribution in [-0.2, 0) is 4.74 Å². The predicted molar refractivity (Wildman–Crippen MR) is 111 cm³/mol. The number of rotatable bonds is 9. The van der Waals surface area contributed by atoms with E-state index in [9.17, 15) is 4.79 Å². The lowest BCUT2D eigenvalue weighted by Crippen LogP contribution is -3.14. The summed E-state index contributed by atoms with van der Waals surface area (Å²) < 4.78 is 11.3. The van der Waals surface area contributed by atoms with Crippen molar-refractivity contribution in [3.63, 3.8) is 0 Å². The second kappa shape index (κ2) is 10.4. The summed E-state index contributed by atoms with van der Waals surface area (Å²) in [5.41, 5.74) is 1.83. The molecule has 1 aliphatic rings. The molecule has 1 fully saturated rings. The highest BCUT2D eigenvalue weighted by Crippen LogP contribution is 2.22. The molecule has 3 rings (SSSR count). The Bertz CT molecular complexity index is 721. The van der Waals surface area contributed by atoms with Gasteiger partial charge in [0, 0.05) is 5.56 Å². The van der Waals surface area contributed by atoms with E-state index in [4.69, 9.17) is 9.47 Å². The van der Waals surface area contributed by atoms with Crippen molar-refractivity contribution in [1.29, 1.82) is 0 Å². The molecular formula is C24H32NO3+. The van der Waals surface area contributed by atoms with Crippen LogP contribution in [0, 0.1) is 5.92 Å². The molecule has 1 heterocycles. The number of ketones is 1. The number of nitrogens with one attached hydrogen (secondary N) is 1. The van der Waals surface area contributed by atoms with Gasteiger partial charge in [-0.25, -0.2) is 0 Å². The number of Topliss-reactive ketones (excluding diaryl/α,β-unsaturated/α-hetero) is 1. The molecule has 1 atom stereocenters. The van der Waals surface area contributed by atoms with Crippen LogP contribution in [0.25, 0.3) is 0 Å². The van der Waals surface area contributed by atoms with Crippen molar-refractivity contribution in [3.05, 3.63) is 65.7 Å². The Morgan fingerprint density at radius 2 is 1.71 bits per heavy atom. The average molecular weight is 383 g/mol. The van der Waals surface area contributed by atoms with Gasteiger partial charge in [0.05, 0.1) is 32.3 Å². The highest BCUT2D eigenvalue weighted by atomic mass is 16.5. The molecule has 1 aliphatic heterocycles. The van der Waals surface area contributed by atoms with Gasteiger partial charge in [-0.1, -0.05) is 44.2 Å². The number of ether oxygens (including phenoxy) is 2. The monoisotopic (exact) mass is 382 g/mol. The molecule has 1 N–H and O–H groups in total. The second-order valence-corrected chi connectivity index (χ2v) is 7.95. The van der Waals surface area contributed by atoms with Crippen LogP contribution in [0.3, 0.4) is 0 Å². The van der Waals surface area contributed by atoms with Gasteiger partial charge in [0.1, 0.15) is 18.8 Å². The zero-order valence-corrected chi connectivity index (χ0v) is 17.0. The molecule has 2 aromatic carbocycles. The zero-order chi connectivity index (χ0) is 19.8. The van der Waals surface area contributed by atoms with Gasteiger partial charge >= 0.3 is 0 Å². The van der Waals surface area contributed by atoms with Gasteiger partial charge in [-0.15, -0.1) is 0 Å². The van der Waals surface area contributed by atoms with Gasteiger partial charge in [0.2, 0.25) is 0 Å². The molecule has 0 saturated carbocycles. The lowest BCUT2D eigenvalue weighted by Gasteiger charge is -2.27. The molecule has 150 valence electrons. The summed E-state index contributed by atoms with van der Waals surface area (Å²) in [5, 5.41) is 0. The van der Waals surface area contributed by atoms with Crippen LogP contribution in [0.4, 0.5) is 0 Å². The van der Waals surface area contributed by atoms with E-state index in [1.165, 1.54) is 4.90 Å². The highest BCUT2D eigenvalue weighted by molar-refractivity contribution is 6.01. The topological polar surface area (TPSA) is 40.0 Å². The van der Waals surface area contributed by atoms with E-state index in [1.807, 2.05) is 42.5 Å². The number of hydrogen-bond donors (Lipinski definition) is 1. The number of carbonyl (C=O) groups is 1. The standard InChI is InChI=1S/C24H31NO3/c1-19(2)12-15-28-22-10-8-21(9-11-22)24(26)23(20-6-4-3-5-7-20)18-25-13-16-27-17-14-25/h3-11,19,23H,12-18H2,1-2H3/p+1/t23-/m0/s1. The average Bonchev–Trinajstić information content (AvgIpc) is 2.73. The van der Waals surface area contributed by atoms with Crippen molar-refractivity contribution in [3.8, 4) is 5.75 Å². The third-order valence-electron chi connectivity index (χ3n) is 5.31. The Morgan fingerprint density at radius 3 is 2.36 bits per heavy atom. The summed E-state index contributed by atoms with van der Waals surface area (Å²) in [6, 6.07) is 17.8. The van der Waals surface area contributed by atoms with Crippen LogP contribution in [0.2, 0.25) is 0 Å². The number of quaternary nitrogens is 1. The van der Waals surface area contributed by atoms with Crippen molar-refractivity contribution in [2.24, 2.45) is 5.92 Å². The molecule has 2 aromatic rings. The van der Waals surface area contributed by atoms with Gasteiger partial charge in [0.25, 0.3) is 0 Å². The summed E-state index contributed by atoms with van der Waals surface area (Å²) in [6.45, 7) is 9.34. The van der Waals surface area contributed by atoms with Gasteiger partial charge in [-0.2, -0.15) is 0 Å². The Morgan fingerprint density at radius 1 is 1.04 bits per heavy atom. The van der Waals surface area contributed by atoms with Crippen LogP contribution in [-0.4, -0.2) is 45.2 Å².